The summed E-state index contributed by atoms with van der Waals surface area (Å²) >= 11 is 6.09. The maximum atomic E-state index is 15.0. The van der Waals surface area contributed by atoms with E-state index in [0.717, 1.165) is 16.6 Å². The molecule has 1 aliphatic rings. The monoisotopic (exact) mass is 479 g/mol. The highest BCUT2D eigenvalue weighted by Gasteiger charge is 2.41. The average Bonchev–Trinajstić information content (AvgIpc) is 3.10. The van der Waals surface area contributed by atoms with Gasteiger partial charge in [-0.2, -0.15) is 8.99 Å². The fraction of sp³-hybridized carbons (Fsp3) is 0.364. The third-order valence-corrected chi connectivity index (χ3v) is 8.33. The third kappa shape index (κ3) is 3.78. The Bertz CT molecular complexity index is 1340. The predicted octanol–water partition coefficient (Wildman–Crippen LogP) is 4.19. The molecule has 0 spiro atoms. The molecule has 10 heteroatoms. The Morgan fingerprint density at radius 3 is 2.66 bits per heavy atom. The van der Waals surface area contributed by atoms with E-state index in [1.54, 1.807) is 26.0 Å². The zero-order chi connectivity index (χ0) is 23.2. The van der Waals surface area contributed by atoms with Crippen LogP contribution in [0.4, 0.5) is 4.39 Å². The lowest BCUT2D eigenvalue weighted by Gasteiger charge is -2.34. The Hall–Kier alpha value is -2.49. The Kier molecular flexibility index (Phi) is 6.00. The maximum Gasteiger partial charge on any atom is 0.438 e. The summed E-state index contributed by atoms with van der Waals surface area (Å²) in [6.07, 6.45) is 0.832. The van der Waals surface area contributed by atoms with E-state index in [4.69, 9.17) is 16.0 Å². The van der Waals surface area contributed by atoms with E-state index < -0.39 is 33.7 Å². The Balaban J connectivity index is 1.93. The van der Waals surface area contributed by atoms with Gasteiger partial charge in [-0.15, -0.1) is 5.10 Å². The van der Waals surface area contributed by atoms with Crippen LogP contribution in [0, 0.1) is 19.7 Å². The van der Waals surface area contributed by atoms with Gasteiger partial charge < -0.3 is 4.42 Å². The van der Waals surface area contributed by atoms with Crippen molar-refractivity contribution in [1.82, 2.24) is 14.1 Å². The van der Waals surface area contributed by atoms with Gasteiger partial charge in [0.05, 0.1) is 4.90 Å². The molecule has 32 heavy (non-hydrogen) atoms. The van der Waals surface area contributed by atoms with Crippen LogP contribution in [0.2, 0.25) is 5.02 Å². The molecule has 2 atom stereocenters. The molecular formula is C22H23ClFN3O4S. The second-order valence-electron chi connectivity index (χ2n) is 8.03. The molecule has 1 unspecified atom stereocenters. The van der Waals surface area contributed by atoms with Gasteiger partial charge in [0, 0.05) is 17.5 Å². The summed E-state index contributed by atoms with van der Waals surface area (Å²) < 4.78 is 49.6. The summed E-state index contributed by atoms with van der Waals surface area (Å²) in [6, 6.07) is 7.65. The summed E-state index contributed by atoms with van der Waals surface area (Å²) in [5, 5.41) is 4.42. The van der Waals surface area contributed by atoms with Gasteiger partial charge in [-0.3, -0.25) is 0 Å². The van der Waals surface area contributed by atoms with Crippen molar-refractivity contribution < 1.29 is 17.2 Å². The number of sulfonamides is 1. The highest BCUT2D eigenvalue weighted by atomic mass is 35.5. The molecule has 3 aromatic rings. The van der Waals surface area contributed by atoms with Crippen LogP contribution in [-0.4, -0.2) is 29.0 Å². The Labute approximate surface area is 190 Å². The summed E-state index contributed by atoms with van der Waals surface area (Å²) in [7, 11) is -4.06. The smallest absolute Gasteiger partial charge is 0.395 e. The fourth-order valence-electron chi connectivity index (χ4n) is 4.43. The van der Waals surface area contributed by atoms with Crippen LogP contribution >= 0.6 is 11.6 Å². The number of rotatable bonds is 4. The number of hydrogen-bond acceptors (Lipinski definition) is 5. The van der Waals surface area contributed by atoms with Crippen molar-refractivity contribution in [3.05, 3.63) is 80.4 Å². The highest BCUT2D eigenvalue weighted by Crippen LogP contribution is 2.39. The quantitative estimate of drug-likeness (QED) is 0.560. The number of halogens is 2. The van der Waals surface area contributed by atoms with Crippen molar-refractivity contribution in [3.8, 4) is 0 Å². The van der Waals surface area contributed by atoms with Crippen LogP contribution in [0.25, 0.3) is 0 Å². The van der Waals surface area contributed by atoms with E-state index in [1.165, 1.54) is 22.5 Å². The molecule has 0 saturated heterocycles. The second-order valence-corrected chi connectivity index (χ2v) is 10.3. The standard InChI is InChI=1S/C22H23ClFN3O4S/c1-13-6-8-18(24)20(14(13)2)15(3)21(27-22(28)31-12-25-27)26-10-4-5-16-11-17(23)7-9-19(16)32(26,29)30/h6-9,11-12,15,21H,4-5,10H2,1-3H3/t15?,21-/m1/s1. The van der Waals surface area contributed by atoms with Crippen molar-refractivity contribution >= 4 is 21.6 Å². The maximum absolute atomic E-state index is 15.0. The van der Waals surface area contributed by atoms with Gasteiger partial charge >= 0.3 is 5.76 Å². The van der Waals surface area contributed by atoms with Crippen LogP contribution in [0.5, 0.6) is 0 Å². The molecule has 0 amide bonds. The van der Waals surface area contributed by atoms with E-state index in [0.29, 0.717) is 34.6 Å². The summed E-state index contributed by atoms with van der Waals surface area (Å²) in [6.45, 7) is 5.45. The second kappa shape index (κ2) is 8.46. The van der Waals surface area contributed by atoms with Crippen LogP contribution in [-0.2, 0) is 16.4 Å². The first-order valence-corrected chi connectivity index (χ1v) is 12.0. The van der Waals surface area contributed by atoms with Gasteiger partial charge in [0.2, 0.25) is 16.4 Å². The Morgan fingerprint density at radius 1 is 1.22 bits per heavy atom. The normalized spacial score (nSPS) is 18.0. The van der Waals surface area contributed by atoms with Gasteiger partial charge in [0.15, 0.2) is 0 Å². The zero-order valence-electron chi connectivity index (χ0n) is 17.9. The first-order chi connectivity index (χ1) is 15.1. The van der Waals surface area contributed by atoms with E-state index in [-0.39, 0.29) is 11.4 Å². The van der Waals surface area contributed by atoms with Crippen LogP contribution in [0.3, 0.4) is 0 Å². The third-order valence-electron chi connectivity index (χ3n) is 6.13. The molecule has 2 aromatic carbocycles. The average molecular weight is 480 g/mol. The zero-order valence-corrected chi connectivity index (χ0v) is 19.5. The Morgan fingerprint density at radius 2 is 1.97 bits per heavy atom. The lowest BCUT2D eigenvalue weighted by molar-refractivity contribution is 0.185. The summed E-state index contributed by atoms with van der Waals surface area (Å²) in [5.41, 5.74) is 2.49. The first kappa shape index (κ1) is 22.7. The molecule has 0 bridgehead atoms. The molecular weight excluding hydrogens is 457 g/mol. The van der Waals surface area contributed by atoms with Gasteiger partial charge in [-0.25, -0.2) is 17.6 Å². The molecule has 0 saturated carbocycles. The molecule has 0 radical (unpaired) electrons. The van der Waals surface area contributed by atoms with Crippen molar-refractivity contribution in [3.63, 3.8) is 0 Å². The SMILES string of the molecule is Cc1ccc(F)c(C(C)[C@H](N2CCCc3cc(Cl)ccc3S2(=O)=O)n2ncoc2=O)c1C. The molecule has 4 rings (SSSR count). The minimum atomic E-state index is -4.06. The fourth-order valence-corrected chi connectivity index (χ4v) is 6.54. The molecule has 2 heterocycles. The lowest BCUT2D eigenvalue weighted by atomic mass is 9.90. The molecule has 0 fully saturated rings. The number of aromatic nitrogens is 2. The number of benzene rings is 2. The van der Waals surface area contributed by atoms with E-state index in [1.807, 2.05) is 6.92 Å². The molecule has 1 aromatic heterocycles. The largest absolute Gasteiger partial charge is 0.438 e. The number of hydrogen-bond donors (Lipinski definition) is 0. The minimum Gasteiger partial charge on any atom is -0.395 e. The predicted molar refractivity (Wildman–Crippen MR) is 118 cm³/mol. The molecule has 0 aliphatic carbocycles. The van der Waals surface area contributed by atoms with E-state index in [9.17, 15) is 17.6 Å². The van der Waals surface area contributed by atoms with E-state index in [2.05, 4.69) is 5.10 Å². The minimum absolute atomic E-state index is 0.120. The highest BCUT2D eigenvalue weighted by molar-refractivity contribution is 7.89. The first-order valence-electron chi connectivity index (χ1n) is 10.2. The lowest BCUT2D eigenvalue weighted by Crippen LogP contribution is -2.44. The van der Waals surface area contributed by atoms with Crippen LogP contribution in [0.15, 0.2) is 50.8 Å². The van der Waals surface area contributed by atoms with Crippen molar-refractivity contribution in [2.24, 2.45) is 0 Å². The van der Waals surface area contributed by atoms with Gasteiger partial charge in [0.25, 0.3) is 0 Å². The van der Waals surface area contributed by atoms with Crippen LogP contribution in [0.1, 0.15) is 47.7 Å². The summed E-state index contributed by atoms with van der Waals surface area (Å²) in [4.78, 5) is 12.6. The van der Waals surface area contributed by atoms with E-state index >= 15 is 0 Å². The summed E-state index contributed by atoms with van der Waals surface area (Å²) in [5.74, 6) is -2.02. The number of nitrogens with zero attached hydrogens (tertiary/aromatic N) is 3. The molecule has 1 aliphatic heterocycles. The van der Waals surface area contributed by atoms with Gasteiger partial charge in [0.1, 0.15) is 12.0 Å². The number of fused-ring (bicyclic) bond motifs is 1. The van der Waals surface area contributed by atoms with Crippen molar-refractivity contribution in [2.75, 3.05) is 6.54 Å². The molecule has 7 nitrogen and oxygen atoms in total. The van der Waals surface area contributed by atoms with Crippen molar-refractivity contribution in [1.29, 1.82) is 0 Å². The molecule has 170 valence electrons. The van der Waals surface area contributed by atoms with Crippen LogP contribution < -0.4 is 5.76 Å². The van der Waals surface area contributed by atoms with Gasteiger partial charge in [-0.1, -0.05) is 24.6 Å². The van der Waals surface area contributed by atoms with Crippen molar-refractivity contribution in [2.45, 2.75) is 50.6 Å². The van der Waals surface area contributed by atoms with Gasteiger partial charge in [-0.05, 0) is 73.2 Å². The topological polar surface area (TPSA) is 85.4 Å². The number of aryl methyl sites for hydroxylation is 2. The molecule has 0 N–H and O–H groups in total.